The molecule has 0 aliphatic rings. The molecule has 7 nitrogen and oxygen atoms in total. The summed E-state index contributed by atoms with van der Waals surface area (Å²) in [6.45, 7) is 1.41. The zero-order chi connectivity index (χ0) is 11.6. The Labute approximate surface area is 114 Å². The van der Waals surface area contributed by atoms with Gasteiger partial charge in [0.15, 0.2) is 0 Å². The molecule has 0 atom stereocenters. The van der Waals surface area contributed by atoms with Gasteiger partial charge < -0.3 is 0 Å². The summed E-state index contributed by atoms with van der Waals surface area (Å²) in [5.74, 6) is -1.24. The van der Waals surface area contributed by atoms with E-state index in [2.05, 4.69) is 54.1 Å². The Morgan fingerprint density at radius 1 is 1.53 bits per heavy atom. The average molecular weight is 368 g/mol. The summed E-state index contributed by atoms with van der Waals surface area (Å²) in [7, 11) is 0. The number of aromatic carboxylic acids is 1. The second-order valence-corrected chi connectivity index (χ2v) is 3.31. The number of hydrogen-bond donors (Lipinski definition) is 1. The number of hydrogen-bond acceptors (Lipinski definition) is 5. The molecule has 0 fully saturated rings. The van der Waals surface area contributed by atoms with Crippen LogP contribution in [0.2, 0.25) is 0 Å². The van der Waals surface area contributed by atoms with E-state index in [1.165, 1.54) is 6.92 Å². The van der Waals surface area contributed by atoms with Crippen LogP contribution in [0.15, 0.2) is 6.33 Å². The average Bonchev–Trinajstić information content (AvgIpc) is 2.16. The van der Waals surface area contributed by atoms with Crippen LogP contribution in [0.1, 0.15) is 21.7 Å². The van der Waals surface area contributed by atoms with Crippen LogP contribution in [0.4, 0.5) is 0 Å². The Kier molecular flexibility index (Phi) is 4.06. The molecule has 0 bridgehead atoms. The molecule has 1 aromatic heterocycles. The zero-order valence-corrected chi connectivity index (χ0v) is 9.07. The minimum absolute atomic E-state index is 0.0132. The second kappa shape index (κ2) is 4.91. The first-order valence-corrected chi connectivity index (χ1v) is 4.47. The molecule has 1 N–H and O–H groups in total. The normalized spacial score (nSPS) is 9.80. The number of aromatic nitrogens is 2. The van der Waals surface area contributed by atoms with Gasteiger partial charge in [0, 0.05) is 0 Å². The molecule has 1 rings (SSSR count). The summed E-state index contributed by atoms with van der Waals surface area (Å²) in [5.41, 5.74) is -0.0976. The first kappa shape index (κ1) is 12.4. The van der Waals surface area contributed by atoms with E-state index in [0.29, 0.717) is 0 Å². The molecule has 0 aliphatic heterocycles. The van der Waals surface area contributed by atoms with Gasteiger partial charge in [0.05, 0.1) is 0 Å². The zero-order valence-electron chi connectivity index (χ0n) is 7.36. The van der Waals surface area contributed by atoms with Crippen molar-refractivity contribution in [3.05, 3.63) is 33.4 Å². The molecule has 0 aliphatic carbocycles. The molecule has 0 saturated carbocycles. The van der Waals surface area contributed by atoms with Crippen molar-refractivity contribution in [3.63, 3.8) is 0 Å². The van der Waals surface area contributed by atoms with Crippen LogP contribution in [0.5, 0.6) is 0 Å². The predicted molar refractivity (Wildman–Crippen MR) is 44.8 cm³/mol. The van der Waals surface area contributed by atoms with Crippen LogP contribution in [-0.2, 0) is 0 Å². The van der Waals surface area contributed by atoms with E-state index < -0.39 is 10.9 Å². The molecule has 86 valence electrons. The number of rotatable bonds is 3. The molecular formula is C7H5N3O4Yb. The molecule has 0 amide bonds. The van der Waals surface area contributed by atoms with Crippen LogP contribution >= 0.6 is 0 Å². The summed E-state index contributed by atoms with van der Waals surface area (Å²) < 4.78 is -0.336. The molecule has 1 aromatic rings. The molecule has 8 heteroatoms. The van der Waals surface area contributed by atoms with E-state index in [1.807, 2.05) is 0 Å². The van der Waals surface area contributed by atoms with Crippen molar-refractivity contribution in [3.8, 4) is 0 Å². The van der Waals surface area contributed by atoms with Gasteiger partial charge in [0.1, 0.15) is 0 Å². The molecule has 0 aromatic carbocycles. The Balaban J connectivity index is 3.33. The van der Waals surface area contributed by atoms with E-state index in [4.69, 9.17) is 5.11 Å². The van der Waals surface area contributed by atoms with Crippen molar-refractivity contribution in [2.24, 2.45) is 0 Å². The van der Waals surface area contributed by atoms with E-state index in [-0.39, 0.29) is 17.3 Å². The quantitative estimate of drug-likeness (QED) is 0.585. The molecule has 0 unspecified atom stereocenters. The van der Waals surface area contributed by atoms with Gasteiger partial charge in [-0.25, -0.2) is 0 Å². The van der Waals surface area contributed by atoms with Crippen molar-refractivity contribution < 1.29 is 58.9 Å². The summed E-state index contributed by atoms with van der Waals surface area (Å²) in [6.07, 6.45) is 0.977. The third-order valence-electron chi connectivity index (χ3n) is 1.60. The molecule has 0 saturated heterocycles. The monoisotopic (exact) mass is 369 g/mol. The third-order valence-corrected chi connectivity index (χ3v) is 2.32. The van der Waals surface area contributed by atoms with E-state index in [1.54, 1.807) is 0 Å². The van der Waals surface area contributed by atoms with Crippen LogP contribution in [-0.4, -0.2) is 26.3 Å². The van der Waals surface area contributed by atoms with Gasteiger partial charge in [-0.3, -0.25) is 0 Å². The molecule has 0 spiro atoms. The summed E-state index contributed by atoms with van der Waals surface area (Å²) in [6, 6.07) is 0. The summed E-state index contributed by atoms with van der Waals surface area (Å²) >= 11 is 2.34. The Bertz CT molecular complexity index is 460. The van der Waals surface area contributed by atoms with Crippen molar-refractivity contribution in [2.45, 2.75) is 6.92 Å². The van der Waals surface area contributed by atoms with E-state index in [9.17, 15) is 14.9 Å². The van der Waals surface area contributed by atoms with Crippen LogP contribution < -0.4 is 0 Å². The maximum absolute atomic E-state index is 10.7. The van der Waals surface area contributed by atoms with Crippen LogP contribution in [0.3, 0.4) is 0 Å². The van der Waals surface area contributed by atoms with Gasteiger partial charge >= 0.3 is 116 Å². The van der Waals surface area contributed by atoms with Crippen molar-refractivity contribution in [2.75, 3.05) is 0 Å². The minimum atomic E-state index is -1.24. The van der Waals surface area contributed by atoms with Crippen LogP contribution in [0, 0.1) is 61.1 Å². The predicted octanol–water partition coefficient (Wildman–Crippen LogP) is -0.213. The molecule has 1 heterocycles. The summed E-state index contributed by atoms with van der Waals surface area (Å²) in [4.78, 5) is 27.6. The number of carboxylic acid groups (broad SMARTS) is 1. The fourth-order valence-corrected chi connectivity index (χ4v) is 1.36. The third kappa shape index (κ3) is 2.67. The van der Waals surface area contributed by atoms with Gasteiger partial charge in [-0.05, 0) is 0 Å². The fourth-order valence-electron chi connectivity index (χ4n) is 0.932. The molecular weight excluding hydrogens is 363 g/mol. The molecule has 0 radical (unpaired) electrons. The molecule has 15 heavy (non-hydrogen) atoms. The first-order valence-electron chi connectivity index (χ1n) is 3.61. The van der Waals surface area contributed by atoms with E-state index >= 15 is 0 Å². The van der Waals surface area contributed by atoms with Gasteiger partial charge in [-0.2, -0.15) is 0 Å². The SMILES string of the molecule is Cc1c(C(=O)O)ncnc1[C](=[Yb])[N+](=O)[O-]. The standard InChI is InChI=1S/C7H5N3O4.Yb/c1-4-5(2-10(13)14)8-3-9-6(4)7(11)12;/h3H,1H3,(H,11,12);. The van der Waals surface area contributed by atoms with Gasteiger partial charge in [0.25, 0.3) is 0 Å². The topological polar surface area (TPSA) is 106 Å². The van der Waals surface area contributed by atoms with Crippen molar-refractivity contribution >= 4 is 6.33 Å². The first-order chi connectivity index (χ1) is 6.95. The Morgan fingerprint density at radius 3 is 2.53 bits per heavy atom. The summed E-state index contributed by atoms with van der Waals surface area (Å²) in [5, 5.41) is 19.2. The maximum atomic E-state index is 10.7. The van der Waals surface area contributed by atoms with Gasteiger partial charge in [0.2, 0.25) is 0 Å². The Morgan fingerprint density at radius 2 is 2.07 bits per heavy atom. The number of nitro groups is 1. The van der Waals surface area contributed by atoms with Crippen LogP contribution in [0.25, 0.3) is 0 Å². The van der Waals surface area contributed by atoms with E-state index in [0.717, 1.165) is 6.33 Å². The number of carbonyl (C=O) groups is 1. The van der Waals surface area contributed by atoms with Gasteiger partial charge in [-0.15, -0.1) is 0 Å². The second-order valence-electron chi connectivity index (χ2n) is 2.50. The fraction of sp³-hybridized carbons (Fsp3) is 0.143. The Hall–Kier alpha value is -0.661. The number of nitrogens with zero attached hydrogens (tertiary/aromatic N) is 3. The number of carboxylic acids is 1. The van der Waals surface area contributed by atoms with Crippen molar-refractivity contribution in [1.82, 2.24) is 9.97 Å². The van der Waals surface area contributed by atoms with Gasteiger partial charge in [-0.1, -0.05) is 0 Å². The van der Waals surface area contributed by atoms with Crippen molar-refractivity contribution in [1.29, 1.82) is 0 Å².